The molecule has 5 rings (SSSR count). The predicted octanol–water partition coefficient (Wildman–Crippen LogP) is 5.94. The number of para-hydroxylation sites is 1. The van der Waals surface area contributed by atoms with Gasteiger partial charge in [-0.2, -0.15) is 14.5 Å². The summed E-state index contributed by atoms with van der Waals surface area (Å²) in [4.78, 5) is 12.5. The van der Waals surface area contributed by atoms with Crippen LogP contribution in [0.3, 0.4) is 0 Å². The average Bonchev–Trinajstić information content (AvgIpc) is 3.24. The molecule has 0 saturated carbocycles. The van der Waals surface area contributed by atoms with Gasteiger partial charge in [0.2, 0.25) is 11.9 Å². The molecular formula is C24H20ClFN7OP. The summed E-state index contributed by atoms with van der Waals surface area (Å²) in [6, 6.07) is 16.1. The Labute approximate surface area is 205 Å². The second-order valence-corrected chi connectivity index (χ2v) is 11.8. The third-order valence-corrected chi connectivity index (χ3v) is 7.14. The summed E-state index contributed by atoms with van der Waals surface area (Å²) in [6.07, 6.45) is 2.87. The Balaban J connectivity index is 1.46. The monoisotopic (exact) mass is 507 g/mol. The highest BCUT2D eigenvalue weighted by molar-refractivity contribution is 7.70. The van der Waals surface area contributed by atoms with Crippen LogP contribution in [-0.4, -0.2) is 38.5 Å². The first-order valence-corrected chi connectivity index (χ1v) is 13.6. The molecular weight excluding hydrogens is 488 g/mol. The second kappa shape index (κ2) is 9.09. The maximum Gasteiger partial charge on any atom is 0.229 e. The SMILES string of the molecule is CP(C)(=O)c1ccccc1Nc1nc(Nc2ccc3[nH]nc(-c4cccnc4F)c3c2)ncc1Cl. The standard InChI is InChI=1S/C24H20ClFN7OP/c1-35(2,34)20-8-4-3-7-19(20)30-23-17(25)13-28-24(31-23)29-14-9-10-18-16(12-14)21(33-32-18)15-6-5-11-27-22(15)26/h3-13H,1-2H3,(H,32,33)(H2,28,29,30,31). The van der Waals surface area contributed by atoms with Crippen LogP contribution in [0.25, 0.3) is 22.2 Å². The number of hydrogen-bond donors (Lipinski definition) is 3. The van der Waals surface area contributed by atoms with Crippen LogP contribution in [0, 0.1) is 5.95 Å². The van der Waals surface area contributed by atoms with Crippen LogP contribution < -0.4 is 15.9 Å². The summed E-state index contributed by atoms with van der Waals surface area (Å²) in [5.74, 6) is 0.0649. The van der Waals surface area contributed by atoms with Crippen molar-refractivity contribution < 1.29 is 8.96 Å². The molecule has 0 saturated heterocycles. The van der Waals surface area contributed by atoms with Crippen LogP contribution >= 0.6 is 18.7 Å². The highest BCUT2D eigenvalue weighted by Gasteiger charge is 2.17. The molecule has 0 atom stereocenters. The molecule has 11 heteroatoms. The Morgan fingerprint density at radius 3 is 2.66 bits per heavy atom. The molecule has 2 aromatic carbocycles. The number of fused-ring (bicyclic) bond motifs is 1. The van der Waals surface area contributed by atoms with Gasteiger partial charge < -0.3 is 15.2 Å². The number of pyridine rings is 1. The van der Waals surface area contributed by atoms with Gasteiger partial charge in [-0.05, 0) is 55.8 Å². The number of halogens is 2. The number of benzene rings is 2. The molecule has 8 nitrogen and oxygen atoms in total. The van der Waals surface area contributed by atoms with E-state index in [1.807, 2.05) is 42.5 Å². The number of hydrogen-bond acceptors (Lipinski definition) is 7. The second-order valence-electron chi connectivity index (χ2n) is 8.18. The van der Waals surface area contributed by atoms with E-state index >= 15 is 0 Å². The van der Waals surface area contributed by atoms with Gasteiger partial charge in [0, 0.05) is 22.6 Å². The molecule has 0 aliphatic heterocycles. The van der Waals surface area contributed by atoms with Gasteiger partial charge in [0.05, 0.1) is 23.0 Å². The van der Waals surface area contributed by atoms with Crippen molar-refractivity contribution in [1.82, 2.24) is 25.1 Å². The number of nitrogens with zero attached hydrogens (tertiary/aromatic N) is 4. The van der Waals surface area contributed by atoms with Crippen molar-refractivity contribution in [2.45, 2.75) is 0 Å². The van der Waals surface area contributed by atoms with Crippen LogP contribution in [0.4, 0.5) is 27.5 Å². The zero-order valence-corrected chi connectivity index (χ0v) is 20.4. The van der Waals surface area contributed by atoms with E-state index in [-0.39, 0.29) is 0 Å². The maximum atomic E-state index is 14.3. The zero-order valence-electron chi connectivity index (χ0n) is 18.8. The first-order chi connectivity index (χ1) is 16.8. The molecule has 0 aliphatic rings. The van der Waals surface area contributed by atoms with Crippen molar-refractivity contribution in [3.05, 3.63) is 78.0 Å². The normalized spacial score (nSPS) is 11.5. The van der Waals surface area contributed by atoms with Gasteiger partial charge in [-0.25, -0.2) is 9.97 Å². The molecule has 176 valence electrons. The lowest BCUT2D eigenvalue weighted by atomic mass is 10.1. The van der Waals surface area contributed by atoms with Crippen molar-refractivity contribution in [1.29, 1.82) is 0 Å². The Morgan fingerprint density at radius 1 is 1.03 bits per heavy atom. The topological polar surface area (TPSA) is 108 Å². The molecule has 0 fully saturated rings. The highest BCUT2D eigenvalue weighted by atomic mass is 35.5. The largest absolute Gasteiger partial charge is 0.338 e. The van der Waals surface area contributed by atoms with E-state index in [1.54, 1.807) is 25.5 Å². The molecule has 0 spiro atoms. The lowest BCUT2D eigenvalue weighted by Crippen LogP contribution is -2.10. The Morgan fingerprint density at radius 2 is 1.86 bits per heavy atom. The highest BCUT2D eigenvalue weighted by Crippen LogP contribution is 2.38. The minimum atomic E-state index is -2.53. The van der Waals surface area contributed by atoms with Crippen molar-refractivity contribution >= 4 is 58.1 Å². The summed E-state index contributed by atoms with van der Waals surface area (Å²) < 4.78 is 27.0. The van der Waals surface area contributed by atoms with Crippen LogP contribution in [0.15, 0.2) is 67.0 Å². The summed E-state index contributed by atoms with van der Waals surface area (Å²) >= 11 is 6.34. The van der Waals surface area contributed by atoms with Crippen LogP contribution in [0.5, 0.6) is 0 Å². The molecule has 3 N–H and O–H groups in total. The molecule has 3 heterocycles. The van der Waals surface area contributed by atoms with Gasteiger partial charge in [-0.3, -0.25) is 5.10 Å². The maximum absolute atomic E-state index is 14.3. The van der Waals surface area contributed by atoms with Gasteiger partial charge >= 0.3 is 0 Å². The number of H-pyrrole nitrogens is 1. The molecule has 5 aromatic rings. The summed E-state index contributed by atoms with van der Waals surface area (Å²) in [6.45, 7) is 3.42. The predicted molar refractivity (Wildman–Crippen MR) is 138 cm³/mol. The van der Waals surface area contributed by atoms with E-state index in [9.17, 15) is 8.96 Å². The lowest BCUT2D eigenvalue weighted by Gasteiger charge is -2.15. The van der Waals surface area contributed by atoms with Crippen LogP contribution in [0.2, 0.25) is 5.02 Å². The Hall–Kier alpha value is -3.81. The van der Waals surface area contributed by atoms with E-state index in [4.69, 9.17) is 11.6 Å². The third-order valence-electron chi connectivity index (χ3n) is 5.31. The van der Waals surface area contributed by atoms with E-state index in [1.165, 1.54) is 12.4 Å². The van der Waals surface area contributed by atoms with E-state index in [2.05, 4.69) is 35.8 Å². The summed E-state index contributed by atoms with van der Waals surface area (Å²) in [7, 11) is -2.53. The Kier molecular flexibility index (Phi) is 5.96. The van der Waals surface area contributed by atoms with E-state index in [0.717, 1.165) is 5.52 Å². The van der Waals surface area contributed by atoms with Crippen molar-refractivity contribution in [2.75, 3.05) is 24.0 Å². The number of aromatic nitrogens is 5. The minimum absolute atomic E-state index is 0.294. The van der Waals surface area contributed by atoms with Crippen molar-refractivity contribution in [3.63, 3.8) is 0 Å². The third kappa shape index (κ3) is 4.73. The fourth-order valence-corrected chi connectivity index (χ4v) is 4.97. The fourth-order valence-electron chi connectivity index (χ4n) is 3.68. The fraction of sp³-hybridized carbons (Fsp3) is 0.0833. The van der Waals surface area contributed by atoms with Gasteiger partial charge in [-0.15, -0.1) is 0 Å². The summed E-state index contributed by atoms with van der Waals surface area (Å²) in [5.41, 5.74) is 2.83. The van der Waals surface area contributed by atoms with Gasteiger partial charge in [-0.1, -0.05) is 23.7 Å². The van der Waals surface area contributed by atoms with Gasteiger partial charge in [0.15, 0.2) is 5.82 Å². The number of aromatic amines is 1. The Bertz CT molecular complexity index is 1600. The van der Waals surface area contributed by atoms with E-state index in [0.29, 0.717) is 50.1 Å². The first kappa shape index (κ1) is 23.0. The zero-order chi connectivity index (χ0) is 24.6. The smallest absolute Gasteiger partial charge is 0.229 e. The lowest BCUT2D eigenvalue weighted by molar-refractivity contribution is 0.587. The molecule has 3 aromatic heterocycles. The van der Waals surface area contributed by atoms with Gasteiger partial charge in [0.1, 0.15) is 17.9 Å². The van der Waals surface area contributed by atoms with Crippen LogP contribution in [0.1, 0.15) is 0 Å². The molecule has 0 aliphatic carbocycles. The molecule has 0 bridgehead atoms. The van der Waals surface area contributed by atoms with Gasteiger partial charge in [0.25, 0.3) is 0 Å². The summed E-state index contributed by atoms with van der Waals surface area (Å²) in [5, 5.41) is 15.2. The first-order valence-electron chi connectivity index (χ1n) is 10.6. The molecule has 0 radical (unpaired) electrons. The number of rotatable bonds is 6. The minimum Gasteiger partial charge on any atom is -0.338 e. The molecule has 35 heavy (non-hydrogen) atoms. The quantitative estimate of drug-likeness (QED) is 0.193. The molecule has 0 unspecified atom stereocenters. The average molecular weight is 508 g/mol. The van der Waals surface area contributed by atoms with Crippen molar-refractivity contribution in [3.8, 4) is 11.3 Å². The van der Waals surface area contributed by atoms with E-state index < -0.39 is 13.1 Å². The van der Waals surface area contributed by atoms with Crippen molar-refractivity contribution in [2.24, 2.45) is 0 Å². The molecule has 0 amide bonds. The number of anilines is 4. The number of nitrogens with one attached hydrogen (secondary N) is 3. The van der Waals surface area contributed by atoms with Crippen LogP contribution in [-0.2, 0) is 4.57 Å².